The number of hydrogen-bond donors (Lipinski definition) is 1. The van der Waals surface area contributed by atoms with Crippen molar-refractivity contribution in [3.05, 3.63) is 29.8 Å². The molecule has 1 nitrogen and oxygen atoms in total. The summed E-state index contributed by atoms with van der Waals surface area (Å²) in [5.74, 6) is 0.278. The molecule has 1 atom stereocenters. The molecule has 1 aromatic carbocycles. The van der Waals surface area contributed by atoms with Crippen molar-refractivity contribution in [3.63, 3.8) is 0 Å². The molecule has 0 spiro atoms. The maximum absolute atomic E-state index is 9.75. The fourth-order valence-electron chi connectivity index (χ4n) is 1.19. The second-order valence-corrected chi connectivity index (χ2v) is 4.34. The summed E-state index contributed by atoms with van der Waals surface area (Å²) in [6.45, 7) is 4.04. The second kappa shape index (κ2) is 4.68. The van der Waals surface area contributed by atoms with Gasteiger partial charge in [0.15, 0.2) is 0 Å². The average molecular weight is 196 g/mol. The molecule has 1 aromatic rings. The van der Waals surface area contributed by atoms with Gasteiger partial charge in [-0.25, -0.2) is 0 Å². The molecule has 0 aromatic heterocycles. The topological polar surface area (TPSA) is 20.2 Å². The van der Waals surface area contributed by atoms with E-state index in [4.69, 9.17) is 0 Å². The van der Waals surface area contributed by atoms with Crippen LogP contribution in [-0.4, -0.2) is 11.4 Å². The largest absolute Gasteiger partial charge is 0.388 e. The van der Waals surface area contributed by atoms with E-state index in [0.29, 0.717) is 0 Å². The molecule has 2 heteroatoms. The van der Waals surface area contributed by atoms with Crippen LogP contribution in [-0.2, 0) is 0 Å². The Hall–Kier alpha value is -0.470. The lowest BCUT2D eigenvalue weighted by Gasteiger charge is -2.14. The minimum absolute atomic E-state index is 0.278. The Labute approximate surface area is 84.2 Å². The standard InChI is InChI=1S/C11H16OS/c1-8(2)11(12)9-4-6-10(13-3)7-5-9/h4-8,11-12H,1-3H3. The number of aliphatic hydroxyl groups is 1. The Morgan fingerprint density at radius 1 is 1.15 bits per heavy atom. The summed E-state index contributed by atoms with van der Waals surface area (Å²) in [6.07, 6.45) is 1.71. The highest BCUT2D eigenvalue weighted by atomic mass is 32.2. The summed E-state index contributed by atoms with van der Waals surface area (Å²) in [7, 11) is 0. The normalized spacial score (nSPS) is 13.3. The molecule has 0 radical (unpaired) electrons. The second-order valence-electron chi connectivity index (χ2n) is 3.46. The quantitative estimate of drug-likeness (QED) is 0.750. The van der Waals surface area contributed by atoms with Gasteiger partial charge < -0.3 is 5.11 Å². The van der Waals surface area contributed by atoms with Gasteiger partial charge in [-0.2, -0.15) is 0 Å². The summed E-state index contributed by atoms with van der Waals surface area (Å²) in [4.78, 5) is 1.24. The molecular weight excluding hydrogens is 180 g/mol. The van der Waals surface area contributed by atoms with Crippen molar-refractivity contribution in [1.29, 1.82) is 0 Å². The van der Waals surface area contributed by atoms with Gasteiger partial charge in [0.2, 0.25) is 0 Å². The van der Waals surface area contributed by atoms with E-state index < -0.39 is 0 Å². The molecule has 0 fully saturated rings. The van der Waals surface area contributed by atoms with Gasteiger partial charge in [0.1, 0.15) is 0 Å². The van der Waals surface area contributed by atoms with Gasteiger partial charge in [-0.1, -0.05) is 26.0 Å². The lowest BCUT2D eigenvalue weighted by Crippen LogP contribution is -2.04. The molecule has 0 aliphatic carbocycles. The van der Waals surface area contributed by atoms with Crippen molar-refractivity contribution in [2.24, 2.45) is 5.92 Å². The lowest BCUT2D eigenvalue weighted by molar-refractivity contribution is 0.127. The molecule has 1 N–H and O–H groups in total. The van der Waals surface area contributed by atoms with Crippen LogP contribution in [0.15, 0.2) is 29.2 Å². The van der Waals surface area contributed by atoms with Crippen molar-refractivity contribution >= 4 is 11.8 Å². The zero-order valence-corrected chi connectivity index (χ0v) is 9.14. The minimum Gasteiger partial charge on any atom is -0.388 e. The Bertz CT molecular complexity index is 253. The summed E-state index contributed by atoms with van der Waals surface area (Å²) < 4.78 is 0. The first-order valence-corrected chi connectivity index (χ1v) is 5.69. The van der Waals surface area contributed by atoms with E-state index in [1.54, 1.807) is 11.8 Å². The Morgan fingerprint density at radius 2 is 1.69 bits per heavy atom. The molecule has 0 saturated heterocycles. The number of benzene rings is 1. The Kier molecular flexibility index (Phi) is 3.82. The van der Waals surface area contributed by atoms with E-state index in [0.717, 1.165) is 5.56 Å². The van der Waals surface area contributed by atoms with E-state index >= 15 is 0 Å². The van der Waals surface area contributed by atoms with Gasteiger partial charge in [-0.15, -0.1) is 11.8 Å². The third-order valence-electron chi connectivity index (χ3n) is 2.09. The van der Waals surface area contributed by atoms with Crippen LogP contribution in [0.2, 0.25) is 0 Å². The highest BCUT2D eigenvalue weighted by Crippen LogP contribution is 2.23. The SMILES string of the molecule is CSc1ccc(C(O)C(C)C)cc1. The van der Waals surface area contributed by atoms with Crippen LogP contribution in [0, 0.1) is 5.92 Å². The van der Waals surface area contributed by atoms with E-state index in [1.165, 1.54) is 4.90 Å². The number of thioether (sulfide) groups is 1. The smallest absolute Gasteiger partial charge is 0.0812 e. The van der Waals surface area contributed by atoms with Crippen LogP contribution in [0.25, 0.3) is 0 Å². The van der Waals surface area contributed by atoms with Crippen molar-refractivity contribution in [2.45, 2.75) is 24.8 Å². The average Bonchev–Trinajstić information content (AvgIpc) is 2.17. The first-order valence-electron chi connectivity index (χ1n) is 4.47. The van der Waals surface area contributed by atoms with Crippen LogP contribution in [0.5, 0.6) is 0 Å². The minimum atomic E-state index is -0.337. The fourth-order valence-corrected chi connectivity index (χ4v) is 1.59. The maximum atomic E-state index is 9.75. The molecule has 0 heterocycles. The first kappa shape index (κ1) is 10.6. The molecule has 0 amide bonds. The van der Waals surface area contributed by atoms with E-state index in [9.17, 15) is 5.11 Å². The van der Waals surface area contributed by atoms with Gasteiger partial charge in [0.25, 0.3) is 0 Å². The van der Waals surface area contributed by atoms with Gasteiger partial charge >= 0.3 is 0 Å². The molecule has 0 bridgehead atoms. The molecule has 72 valence electrons. The highest BCUT2D eigenvalue weighted by molar-refractivity contribution is 7.98. The van der Waals surface area contributed by atoms with Crippen LogP contribution in [0.3, 0.4) is 0 Å². The first-order chi connectivity index (χ1) is 6.15. The van der Waals surface area contributed by atoms with Gasteiger partial charge in [-0.3, -0.25) is 0 Å². The third-order valence-corrected chi connectivity index (χ3v) is 2.83. The zero-order chi connectivity index (χ0) is 9.84. The van der Waals surface area contributed by atoms with Crippen molar-refractivity contribution in [1.82, 2.24) is 0 Å². The number of aliphatic hydroxyl groups excluding tert-OH is 1. The van der Waals surface area contributed by atoms with Crippen molar-refractivity contribution in [2.75, 3.05) is 6.26 Å². The van der Waals surface area contributed by atoms with Gasteiger partial charge in [0.05, 0.1) is 6.10 Å². The van der Waals surface area contributed by atoms with Crippen LogP contribution in [0.4, 0.5) is 0 Å². The fraction of sp³-hybridized carbons (Fsp3) is 0.455. The summed E-state index contributed by atoms with van der Waals surface area (Å²) in [6, 6.07) is 8.09. The van der Waals surface area contributed by atoms with Crippen molar-refractivity contribution < 1.29 is 5.11 Å². The maximum Gasteiger partial charge on any atom is 0.0812 e. The molecule has 0 saturated carbocycles. The van der Waals surface area contributed by atoms with E-state index in [2.05, 4.69) is 0 Å². The zero-order valence-electron chi connectivity index (χ0n) is 8.32. The molecule has 0 aliphatic rings. The molecule has 13 heavy (non-hydrogen) atoms. The molecular formula is C11H16OS. The Morgan fingerprint density at radius 3 is 2.08 bits per heavy atom. The van der Waals surface area contributed by atoms with Gasteiger partial charge in [0, 0.05) is 4.90 Å². The summed E-state index contributed by atoms with van der Waals surface area (Å²) in [5.41, 5.74) is 1.01. The summed E-state index contributed by atoms with van der Waals surface area (Å²) >= 11 is 1.72. The van der Waals surface area contributed by atoms with Crippen LogP contribution >= 0.6 is 11.8 Å². The van der Waals surface area contributed by atoms with Crippen molar-refractivity contribution in [3.8, 4) is 0 Å². The Balaban J connectivity index is 2.79. The lowest BCUT2D eigenvalue weighted by atomic mass is 9.99. The predicted molar refractivity (Wildman–Crippen MR) is 58.0 cm³/mol. The number of rotatable bonds is 3. The molecule has 1 rings (SSSR count). The molecule has 1 unspecified atom stereocenters. The third kappa shape index (κ3) is 2.75. The van der Waals surface area contributed by atoms with E-state index in [1.807, 2.05) is 44.4 Å². The monoisotopic (exact) mass is 196 g/mol. The number of hydrogen-bond acceptors (Lipinski definition) is 2. The molecule has 0 aliphatic heterocycles. The van der Waals surface area contributed by atoms with Crippen LogP contribution in [0.1, 0.15) is 25.5 Å². The summed E-state index contributed by atoms with van der Waals surface area (Å²) in [5, 5.41) is 9.75. The van der Waals surface area contributed by atoms with E-state index in [-0.39, 0.29) is 12.0 Å². The predicted octanol–water partition coefficient (Wildman–Crippen LogP) is 3.10. The van der Waals surface area contributed by atoms with Crippen LogP contribution < -0.4 is 0 Å². The highest BCUT2D eigenvalue weighted by Gasteiger charge is 2.10. The van der Waals surface area contributed by atoms with Gasteiger partial charge in [-0.05, 0) is 29.9 Å².